The van der Waals surface area contributed by atoms with E-state index in [0.29, 0.717) is 12.0 Å². The lowest BCUT2D eigenvalue weighted by atomic mass is 10.2. The summed E-state index contributed by atoms with van der Waals surface area (Å²) >= 11 is 0. The molecule has 0 aliphatic carbocycles. The van der Waals surface area contributed by atoms with E-state index in [9.17, 15) is 0 Å². The van der Waals surface area contributed by atoms with Crippen LogP contribution in [0.25, 0.3) is 0 Å². The van der Waals surface area contributed by atoms with E-state index in [1.807, 2.05) is 0 Å². The molecular weight excluding hydrogens is 202 g/mol. The molecule has 0 aliphatic rings. The topological polar surface area (TPSA) is 30.5 Å². The number of hydrogen-bond acceptors (Lipinski definition) is 3. The Balaban J connectivity index is 2.93. The molecule has 1 N–H and O–H groups in total. The van der Waals surface area contributed by atoms with E-state index in [-0.39, 0.29) is 0 Å². The fourth-order valence-electron chi connectivity index (χ4n) is 1.26. The number of unbranched alkanes of at least 4 members (excludes halogenated alkanes) is 1. The van der Waals surface area contributed by atoms with Gasteiger partial charge < -0.3 is 14.8 Å². The van der Waals surface area contributed by atoms with Crippen molar-refractivity contribution in [1.29, 1.82) is 0 Å². The number of nitrogens with one attached hydrogen (secondary N) is 1. The second-order valence-electron chi connectivity index (χ2n) is 4.90. The van der Waals surface area contributed by atoms with Gasteiger partial charge in [-0.05, 0) is 25.3 Å². The van der Waals surface area contributed by atoms with Crippen molar-refractivity contribution in [3.8, 4) is 0 Å². The van der Waals surface area contributed by atoms with Gasteiger partial charge in [-0.25, -0.2) is 0 Å². The maximum Gasteiger partial charge on any atom is 0.0700 e. The maximum absolute atomic E-state index is 5.47. The third-order valence-corrected chi connectivity index (χ3v) is 2.09. The molecule has 0 amide bonds. The normalized spacial score (nSPS) is 11.6. The fourth-order valence-corrected chi connectivity index (χ4v) is 1.26. The lowest BCUT2D eigenvalue weighted by Gasteiger charge is -2.09. The zero-order valence-corrected chi connectivity index (χ0v) is 11.4. The van der Waals surface area contributed by atoms with Crippen LogP contribution in [-0.4, -0.2) is 39.0 Å². The lowest BCUT2D eigenvalue weighted by molar-refractivity contribution is 0.0367. The molecule has 0 aromatic rings. The smallest absolute Gasteiger partial charge is 0.0700 e. The van der Waals surface area contributed by atoms with E-state index >= 15 is 0 Å². The first-order valence-corrected chi connectivity index (χ1v) is 6.51. The summed E-state index contributed by atoms with van der Waals surface area (Å²) < 4.78 is 10.9. The van der Waals surface area contributed by atoms with Crippen LogP contribution >= 0.6 is 0 Å². The molecule has 3 heteroatoms. The Hall–Kier alpha value is -0.120. The van der Waals surface area contributed by atoms with Crippen molar-refractivity contribution in [3.63, 3.8) is 0 Å². The first kappa shape index (κ1) is 15.9. The van der Waals surface area contributed by atoms with Gasteiger partial charge in [0.15, 0.2) is 0 Å². The third kappa shape index (κ3) is 13.9. The summed E-state index contributed by atoms with van der Waals surface area (Å²) in [6.07, 6.45) is 2.31. The molecule has 16 heavy (non-hydrogen) atoms. The van der Waals surface area contributed by atoms with Crippen molar-refractivity contribution >= 4 is 0 Å². The zero-order chi connectivity index (χ0) is 12.2. The molecule has 0 fully saturated rings. The number of rotatable bonds is 11. The highest BCUT2D eigenvalue weighted by molar-refractivity contribution is 4.52. The summed E-state index contributed by atoms with van der Waals surface area (Å²) in [6.45, 7) is 12.9. The molecule has 0 saturated carbocycles. The van der Waals surface area contributed by atoms with E-state index in [4.69, 9.17) is 9.47 Å². The van der Waals surface area contributed by atoms with Crippen molar-refractivity contribution in [2.75, 3.05) is 33.0 Å². The van der Waals surface area contributed by atoms with Crippen LogP contribution in [0.5, 0.6) is 0 Å². The molecule has 0 bridgehead atoms. The van der Waals surface area contributed by atoms with Crippen molar-refractivity contribution in [2.24, 2.45) is 5.92 Å². The minimum atomic E-state index is 0.588. The average Bonchev–Trinajstić information content (AvgIpc) is 2.20. The molecule has 0 atom stereocenters. The van der Waals surface area contributed by atoms with Crippen molar-refractivity contribution in [2.45, 2.75) is 46.6 Å². The Morgan fingerprint density at radius 3 is 2.19 bits per heavy atom. The van der Waals surface area contributed by atoms with Crippen LogP contribution < -0.4 is 5.32 Å². The molecule has 0 aliphatic heterocycles. The second kappa shape index (κ2) is 11.4. The molecule has 0 spiro atoms. The molecule has 0 heterocycles. The zero-order valence-electron chi connectivity index (χ0n) is 11.4. The Kier molecular flexibility index (Phi) is 11.3. The Bertz CT molecular complexity index is 122. The number of ether oxygens (including phenoxy) is 2. The Morgan fingerprint density at radius 2 is 1.56 bits per heavy atom. The van der Waals surface area contributed by atoms with Gasteiger partial charge in [-0.1, -0.05) is 27.7 Å². The van der Waals surface area contributed by atoms with Crippen LogP contribution in [0.3, 0.4) is 0 Å². The summed E-state index contributed by atoms with van der Waals surface area (Å²) in [4.78, 5) is 0. The van der Waals surface area contributed by atoms with Gasteiger partial charge in [0.25, 0.3) is 0 Å². The Labute approximate surface area is 101 Å². The van der Waals surface area contributed by atoms with E-state index in [0.717, 1.165) is 39.4 Å². The van der Waals surface area contributed by atoms with E-state index in [1.165, 1.54) is 6.42 Å². The van der Waals surface area contributed by atoms with Gasteiger partial charge in [0.05, 0.1) is 13.2 Å². The lowest BCUT2D eigenvalue weighted by Crippen LogP contribution is -2.23. The predicted molar refractivity (Wildman–Crippen MR) is 68.8 cm³/mol. The van der Waals surface area contributed by atoms with E-state index in [1.54, 1.807) is 0 Å². The van der Waals surface area contributed by atoms with Crippen LogP contribution in [0.1, 0.15) is 40.5 Å². The summed E-state index contributed by atoms with van der Waals surface area (Å²) in [6, 6.07) is 0.588. The van der Waals surface area contributed by atoms with Crippen molar-refractivity contribution in [3.05, 3.63) is 0 Å². The highest BCUT2D eigenvalue weighted by Crippen LogP contribution is 1.93. The molecule has 0 rings (SSSR count). The first-order chi connectivity index (χ1) is 7.63. The average molecular weight is 231 g/mol. The van der Waals surface area contributed by atoms with Gasteiger partial charge in [-0.3, -0.25) is 0 Å². The standard InChI is InChI=1S/C13H29NO2/c1-12(2)11-16-10-9-15-8-6-5-7-14-13(3)4/h12-14H,5-11H2,1-4H3. The summed E-state index contributed by atoms with van der Waals surface area (Å²) in [7, 11) is 0. The van der Waals surface area contributed by atoms with Crippen LogP contribution in [0.2, 0.25) is 0 Å². The quantitative estimate of drug-likeness (QED) is 0.554. The SMILES string of the molecule is CC(C)COCCOCCCCNC(C)C. The van der Waals surface area contributed by atoms with E-state index < -0.39 is 0 Å². The van der Waals surface area contributed by atoms with Crippen LogP contribution in [0.4, 0.5) is 0 Å². The van der Waals surface area contributed by atoms with E-state index in [2.05, 4.69) is 33.0 Å². The molecular formula is C13H29NO2. The van der Waals surface area contributed by atoms with Crippen molar-refractivity contribution in [1.82, 2.24) is 5.32 Å². The highest BCUT2D eigenvalue weighted by atomic mass is 16.5. The van der Waals surface area contributed by atoms with Gasteiger partial charge >= 0.3 is 0 Å². The Morgan fingerprint density at radius 1 is 0.875 bits per heavy atom. The van der Waals surface area contributed by atoms with Gasteiger partial charge in [0.1, 0.15) is 0 Å². The third-order valence-electron chi connectivity index (χ3n) is 2.09. The van der Waals surface area contributed by atoms with Crippen molar-refractivity contribution < 1.29 is 9.47 Å². The molecule has 0 aromatic heterocycles. The maximum atomic E-state index is 5.47. The van der Waals surface area contributed by atoms with Crippen LogP contribution in [0.15, 0.2) is 0 Å². The van der Waals surface area contributed by atoms with Gasteiger partial charge in [0.2, 0.25) is 0 Å². The second-order valence-corrected chi connectivity index (χ2v) is 4.90. The summed E-state index contributed by atoms with van der Waals surface area (Å²) in [5.41, 5.74) is 0. The molecule has 0 aromatic carbocycles. The van der Waals surface area contributed by atoms with Gasteiger partial charge in [-0.2, -0.15) is 0 Å². The predicted octanol–water partition coefficient (Wildman–Crippen LogP) is 2.45. The van der Waals surface area contributed by atoms with Gasteiger partial charge in [-0.15, -0.1) is 0 Å². The summed E-state index contributed by atoms with van der Waals surface area (Å²) in [5, 5.41) is 3.39. The monoisotopic (exact) mass is 231 g/mol. The van der Waals surface area contributed by atoms with Crippen LogP contribution in [0, 0.1) is 5.92 Å². The first-order valence-electron chi connectivity index (χ1n) is 6.51. The molecule has 3 nitrogen and oxygen atoms in total. The molecule has 0 saturated heterocycles. The minimum Gasteiger partial charge on any atom is -0.379 e. The molecule has 0 unspecified atom stereocenters. The minimum absolute atomic E-state index is 0.588. The fraction of sp³-hybridized carbons (Fsp3) is 1.00. The number of hydrogen-bond donors (Lipinski definition) is 1. The highest BCUT2D eigenvalue weighted by Gasteiger charge is 1.95. The van der Waals surface area contributed by atoms with Crippen LogP contribution in [-0.2, 0) is 9.47 Å². The molecule has 0 radical (unpaired) electrons. The summed E-state index contributed by atoms with van der Waals surface area (Å²) in [5.74, 6) is 0.613. The largest absolute Gasteiger partial charge is 0.379 e. The molecule has 98 valence electrons. The van der Waals surface area contributed by atoms with Gasteiger partial charge in [0, 0.05) is 19.3 Å².